The van der Waals surface area contributed by atoms with Crippen LogP contribution in [0.25, 0.3) is 11.1 Å². The Morgan fingerprint density at radius 3 is 1.89 bits per heavy atom. The van der Waals surface area contributed by atoms with Crippen molar-refractivity contribution in [2.45, 2.75) is 70.2 Å². The molecule has 38 heavy (non-hydrogen) atoms. The molecule has 2 aliphatic rings. The van der Waals surface area contributed by atoms with Crippen LogP contribution in [0.4, 0.5) is 0 Å². The second kappa shape index (κ2) is 11.6. The fraction of sp³-hybridized carbons (Fsp3) is 0.355. The molecular weight excluding hydrogens is 484 g/mol. The molecule has 198 valence electrons. The highest BCUT2D eigenvalue weighted by molar-refractivity contribution is 6.03. The van der Waals surface area contributed by atoms with Gasteiger partial charge in [-0.05, 0) is 86.8 Å². The standard InChI is InChI=1S/C31H32O7/c32-30(33)24-15-16-25(31(34)35)29(28(24)21-8-2-1-3-9-21)36-19-20-14-17-26(37-22-10-4-5-11-22)27(18-20)38-23-12-6-7-13-23/h1-3,8-9,14-18,22-23H,4-7,10-13,19H2,(H,32,33)(H,34,35). The first-order chi connectivity index (χ1) is 18.5. The number of ether oxygens (including phenoxy) is 3. The van der Waals surface area contributed by atoms with Gasteiger partial charge in [-0.25, -0.2) is 9.59 Å². The van der Waals surface area contributed by atoms with Gasteiger partial charge in [-0.3, -0.25) is 0 Å². The van der Waals surface area contributed by atoms with Crippen molar-refractivity contribution >= 4 is 11.9 Å². The van der Waals surface area contributed by atoms with Crippen LogP contribution in [0.15, 0.2) is 60.7 Å². The van der Waals surface area contributed by atoms with Gasteiger partial charge in [-0.2, -0.15) is 0 Å². The minimum Gasteiger partial charge on any atom is -0.487 e. The zero-order chi connectivity index (χ0) is 26.5. The van der Waals surface area contributed by atoms with Crippen LogP contribution in [-0.2, 0) is 6.61 Å². The first kappa shape index (κ1) is 25.6. The Labute approximate surface area is 222 Å². The summed E-state index contributed by atoms with van der Waals surface area (Å²) in [6, 6.07) is 17.1. The Kier molecular flexibility index (Phi) is 7.82. The van der Waals surface area contributed by atoms with Crippen molar-refractivity contribution in [2.75, 3.05) is 0 Å². The minimum absolute atomic E-state index is 0.0214. The highest BCUT2D eigenvalue weighted by Gasteiger charge is 2.25. The van der Waals surface area contributed by atoms with Crippen molar-refractivity contribution in [3.8, 4) is 28.4 Å². The summed E-state index contributed by atoms with van der Waals surface area (Å²) in [4.78, 5) is 24.1. The summed E-state index contributed by atoms with van der Waals surface area (Å²) >= 11 is 0. The maximum atomic E-state index is 12.1. The zero-order valence-electron chi connectivity index (χ0n) is 21.2. The van der Waals surface area contributed by atoms with Gasteiger partial charge in [-0.1, -0.05) is 36.4 Å². The molecule has 2 aliphatic carbocycles. The van der Waals surface area contributed by atoms with Crippen LogP contribution in [0.2, 0.25) is 0 Å². The van der Waals surface area contributed by atoms with E-state index in [1.807, 2.05) is 24.3 Å². The number of carbonyl (C=O) groups is 2. The molecule has 0 aromatic heterocycles. The minimum atomic E-state index is -1.19. The second-order valence-electron chi connectivity index (χ2n) is 9.96. The molecule has 3 aromatic rings. The van der Waals surface area contributed by atoms with E-state index in [0.29, 0.717) is 11.3 Å². The van der Waals surface area contributed by atoms with Gasteiger partial charge >= 0.3 is 11.9 Å². The SMILES string of the molecule is O=C(O)c1ccc(C(=O)O)c(-c2ccccc2)c1OCc1ccc(OC2CCCC2)c(OC2CCCC2)c1. The normalized spacial score (nSPS) is 15.9. The number of carboxylic acids is 2. The molecule has 2 N–H and O–H groups in total. The fourth-order valence-electron chi connectivity index (χ4n) is 5.33. The van der Waals surface area contributed by atoms with Crippen LogP contribution >= 0.6 is 0 Å². The van der Waals surface area contributed by atoms with E-state index in [2.05, 4.69) is 0 Å². The van der Waals surface area contributed by atoms with E-state index in [1.165, 1.54) is 25.0 Å². The molecule has 0 heterocycles. The summed E-state index contributed by atoms with van der Waals surface area (Å²) in [6.45, 7) is 0.0356. The third-order valence-corrected chi connectivity index (χ3v) is 7.26. The number of carboxylic acid groups (broad SMARTS) is 2. The van der Waals surface area contributed by atoms with E-state index in [0.717, 1.165) is 49.8 Å². The van der Waals surface area contributed by atoms with Gasteiger partial charge in [0, 0.05) is 5.56 Å². The van der Waals surface area contributed by atoms with Gasteiger partial charge in [0.05, 0.1) is 17.8 Å². The van der Waals surface area contributed by atoms with E-state index in [-0.39, 0.29) is 41.3 Å². The van der Waals surface area contributed by atoms with Crippen molar-refractivity contribution in [3.05, 3.63) is 77.4 Å². The molecule has 0 amide bonds. The van der Waals surface area contributed by atoms with Gasteiger partial charge in [0.1, 0.15) is 17.9 Å². The predicted octanol–water partition coefficient (Wildman–Crippen LogP) is 6.97. The number of benzene rings is 3. The summed E-state index contributed by atoms with van der Waals surface area (Å²) in [7, 11) is 0. The predicted molar refractivity (Wildman–Crippen MR) is 142 cm³/mol. The highest BCUT2D eigenvalue weighted by atomic mass is 16.5. The van der Waals surface area contributed by atoms with Crippen LogP contribution in [0.3, 0.4) is 0 Å². The van der Waals surface area contributed by atoms with Crippen LogP contribution in [0, 0.1) is 0 Å². The van der Waals surface area contributed by atoms with Crippen LogP contribution < -0.4 is 14.2 Å². The topological polar surface area (TPSA) is 102 Å². The molecule has 0 unspecified atom stereocenters. The molecule has 0 radical (unpaired) electrons. The molecule has 0 bridgehead atoms. The van der Waals surface area contributed by atoms with Gasteiger partial charge in [0.25, 0.3) is 0 Å². The van der Waals surface area contributed by atoms with Crippen molar-refractivity contribution in [1.29, 1.82) is 0 Å². The quantitative estimate of drug-likeness (QED) is 0.300. The molecule has 2 fully saturated rings. The molecule has 0 aliphatic heterocycles. The Hall–Kier alpha value is -4.00. The number of hydrogen-bond acceptors (Lipinski definition) is 5. The third kappa shape index (κ3) is 5.77. The van der Waals surface area contributed by atoms with Crippen LogP contribution in [-0.4, -0.2) is 34.4 Å². The van der Waals surface area contributed by atoms with E-state index in [1.54, 1.807) is 24.3 Å². The lowest BCUT2D eigenvalue weighted by Crippen LogP contribution is -2.15. The first-order valence-electron chi connectivity index (χ1n) is 13.3. The lowest BCUT2D eigenvalue weighted by atomic mass is 9.95. The molecule has 7 nitrogen and oxygen atoms in total. The highest BCUT2D eigenvalue weighted by Crippen LogP contribution is 2.39. The van der Waals surface area contributed by atoms with Gasteiger partial charge < -0.3 is 24.4 Å². The van der Waals surface area contributed by atoms with E-state index in [9.17, 15) is 19.8 Å². The number of aromatic carboxylic acids is 2. The Morgan fingerprint density at radius 1 is 0.711 bits per heavy atom. The van der Waals surface area contributed by atoms with E-state index in [4.69, 9.17) is 14.2 Å². The maximum absolute atomic E-state index is 12.1. The zero-order valence-corrected chi connectivity index (χ0v) is 21.2. The van der Waals surface area contributed by atoms with Crippen molar-refractivity contribution in [2.24, 2.45) is 0 Å². The Bertz CT molecular complexity index is 1290. The van der Waals surface area contributed by atoms with E-state index >= 15 is 0 Å². The summed E-state index contributed by atoms with van der Waals surface area (Å²) in [6.07, 6.45) is 9.05. The lowest BCUT2D eigenvalue weighted by Gasteiger charge is -2.21. The van der Waals surface area contributed by atoms with Gasteiger partial charge in [0.15, 0.2) is 11.5 Å². The Balaban J connectivity index is 1.47. The van der Waals surface area contributed by atoms with Crippen LogP contribution in [0.5, 0.6) is 17.2 Å². The molecule has 5 rings (SSSR count). The smallest absolute Gasteiger partial charge is 0.339 e. The molecule has 2 saturated carbocycles. The number of rotatable bonds is 10. The maximum Gasteiger partial charge on any atom is 0.339 e. The summed E-state index contributed by atoms with van der Waals surface area (Å²) in [5.41, 5.74) is 1.45. The molecule has 0 atom stereocenters. The molecule has 0 saturated heterocycles. The average Bonchev–Trinajstić information content (AvgIpc) is 3.63. The third-order valence-electron chi connectivity index (χ3n) is 7.26. The second-order valence-corrected chi connectivity index (χ2v) is 9.96. The number of hydrogen-bond donors (Lipinski definition) is 2. The van der Waals surface area contributed by atoms with Crippen LogP contribution in [0.1, 0.15) is 77.6 Å². The summed E-state index contributed by atoms with van der Waals surface area (Å²) in [5, 5.41) is 19.7. The van der Waals surface area contributed by atoms with Crippen molar-refractivity contribution < 1.29 is 34.0 Å². The largest absolute Gasteiger partial charge is 0.487 e. The monoisotopic (exact) mass is 516 g/mol. The van der Waals surface area contributed by atoms with Crippen molar-refractivity contribution in [3.63, 3.8) is 0 Å². The molecule has 7 heteroatoms. The molecule has 3 aromatic carbocycles. The van der Waals surface area contributed by atoms with Crippen molar-refractivity contribution in [1.82, 2.24) is 0 Å². The molecular formula is C31H32O7. The Morgan fingerprint density at radius 2 is 1.29 bits per heavy atom. The molecule has 0 spiro atoms. The van der Waals surface area contributed by atoms with Gasteiger partial charge in [-0.15, -0.1) is 0 Å². The van der Waals surface area contributed by atoms with E-state index < -0.39 is 11.9 Å². The summed E-state index contributed by atoms with van der Waals surface area (Å²) < 4.78 is 18.8. The summed E-state index contributed by atoms with van der Waals surface area (Å²) in [5.74, 6) is -0.943. The fourth-order valence-corrected chi connectivity index (χ4v) is 5.33. The lowest BCUT2D eigenvalue weighted by molar-refractivity contribution is 0.0677. The average molecular weight is 517 g/mol. The first-order valence-corrected chi connectivity index (χ1v) is 13.3. The van der Waals surface area contributed by atoms with Gasteiger partial charge in [0.2, 0.25) is 0 Å².